The summed E-state index contributed by atoms with van der Waals surface area (Å²) in [6.45, 7) is 0.225. The zero-order chi connectivity index (χ0) is 23.5. The van der Waals surface area contributed by atoms with E-state index >= 15 is 0 Å². The summed E-state index contributed by atoms with van der Waals surface area (Å²) in [6, 6.07) is 12.7. The van der Waals surface area contributed by atoms with Gasteiger partial charge in [-0.2, -0.15) is 5.10 Å². The van der Waals surface area contributed by atoms with Crippen molar-refractivity contribution in [3.63, 3.8) is 0 Å². The third-order valence-electron chi connectivity index (χ3n) is 5.83. The first-order chi connectivity index (χ1) is 16.1. The van der Waals surface area contributed by atoms with Gasteiger partial charge in [0.25, 0.3) is 5.91 Å². The van der Waals surface area contributed by atoms with E-state index in [9.17, 15) is 4.79 Å². The molecule has 33 heavy (non-hydrogen) atoms. The number of rotatable bonds is 9. The largest absolute Gasteiger partial charge is 0.496 e. The molecule has 1 aliphatic rings. The number of hydrogen-bond donors (Lipinski definition) is 1. The van der Waals surface area contributed by atoms with E-state index in [1.807, 2.05) is 42.5 Å². The van der Waals surface area contributed by atoms with Crippen LogP contribution in [0.1, 0.15) is 27.7 Å². The topological polar surface area (TPSA) is 95.1 Å². The maximum atomic E-state index is 13.5. The Morgan fingerprint density at radius 3 is 2.30 bits per heavy atom. The fourth-order valence-electron chi connectivity index (χ4n) is 4.21. The number of fused-ring (bicyclic) bond motifs is 1. The molecule has 1 aromatic heterocycles. The number of H-pyrrole nitrogens is 1. The number of nitrogens with one attached hydrogen (secondary N) is 1. The number of carbonyl (C=O) groups is 1. The molecule has 174 valence electrons. The summed E-state index contributed by atoms with van der Waals surface area (Å²) in [5.41, 5.74) is 3.43. The Bertz CT molecular complexity index is 1140. The van der Waals surface area contributed by atoms with Crippen LogP contribution in [0.25, 0.3) is 11.3 Å². The van der Waals surface area contributed by atoms with Gasteiger partial charge in [0.05, 0.1) is 39.6 Å². The highest BCUT2D eigenvalue weighted by Gasteiger charge is 2.44. The second kappa shape index (κ2) is 9.51. The van der Waals surface area contributed by atoms with E-state index in [0.29, 0.717) is 28.6 Å². The fourth-order valence-corrected chi connectivity index (χ4v) is 4.21. The van der Waals surface area contributed by atoms with E-state index in [1.54, 1.807) is 40.4 Å². The van der Waals surface area contributed by atoms with Crippen molar-refractivity contribution in [2.45, 2.75) is 12.3 Å². The predicted octanol–water partition coefficient (Wildman–Crippen LogP) is 3.27. The van der Waals surface area contributed by atoms with Crippen molar-refractivity contribution in [2.24, 2.45) is 0 Å². The van der Waals surface area contributed by atoms with Gasteiger partial charge in [0.2, 0.25) is 0 Å². The lowest BCUT2D eigenvalue weighted by atomic mass is 9.95. The van der Waals surface area contributed by atoms with Crippen molar-refractivity contribution >= 4 is 5.91 Å². The molecule has 1 aliphatic heterocycles. The van der Waals surface area contributed by atoms with E-state index in [-0.39, 0.29) is 12.5 Å². The number of para-hydroxylation sites is 1. The maximum absolute atomic E-state index is 13.5. The minimum absolute atomic E-state index is 0.195. The van der Waals surface area contributed by atoms with Gasteiger partial charge in [-0.1, -0.05) is 18.2 Å². The van der Waals surface area contributed by atoms with E-state index in [2.05, 4.69) is 10.2 Å². The maximum Gasteiger partial charge on any atom is 0.273 e. The molecule has 1 unspecified atom stereocenters. The van der Waals surface area contributed by atoms with Gasteiger partial charge in [-0.3, -0.25) is 9.89 Å². The average Bonchev–Trinajstić information content (AvgIpc) is 3.40. The zero-order valence-electron chi connectivity index (χ0n) is 19.2. The van der Waals surface area contributed by atoms with Crippen molar-refractivity contribution in [2.75, 3.05) is 42.1 Å². The van der Waals surface area contributed by atoms with E-state index in [0.717, 1.165) is 16.7 Å². The molecule has 3 aromatic rings. The van der Waals surface area contributed by atoms with Crippen LogP contribution in [0.5, 0.6) is 17.2 Å². The number of ether oxygens (including phenoxy) is 5. The highest BCUT2D eigenvalue weighted by Crippen LogP contribution is 2.46. The van der Waals surface area contributed by atoms with Gasteiger partial charge in [-0.05, 0) is 24.3 Å². The monoisotopic (exact) mass is 453 g/mol. The highest BCUT2D eigenvalue weighted by molar-refractivity contribution is 6.00. The highest BCUT2D eigenvalue weighted by atomic mass is 16.7. The number of nitrogens with zero attached hydrogens (tertiary/aromatic N) is 2. The number of amides is 1. The molecule has 0 radical (unpaired) electrons. The number of aromatic nitrogens is 2. The van der Waals surface area contributed by atoms with Crippen LogP contribution in [-0.2, 0) is 9.47 Å². The molecule has 0 bridgehead atoms. The molecule has 2 heterocycles. The predicted molar refractivity (Wildman–Crippen MR) is 121 cm³/mol. The van der Waals surface area contributed by atoms with Gasteiger partial charge in [-0.15, -0.1) is 0 Å². The zero-order valence-corrected chi connectivity index (χ0v) is 19.2. The number of hydrogen-bond acceptors (Lipinski definition) is 7. The number of methoxy groups -OCH3 is 5. The van der Waals surface area contributed by atoms with E-state index in [1.165, 1.54) is 0 Å². The van der Waals surface area contributed by atoms with Crippen molar-refractivity contribution < 1.29 is 28.5 Å². The first-order valence-electron chi connectivity index (χ1n) is 10.4. The lowest BCUT2D eigenvalue weighted by Gasteiger charge is -2.29. The second-order valence-electron chi connectivity index (χ2n) is 7.43. The molecular weight excluding hydrogens is 426 g/mol. The fraction of sp³-hybridized carbons (Fsp3) is 0.333. The molecule has 1 atom stereocenters. The SMILES string of the molecule is COc1ccc(-c2n[nH]c3c2C(c2ccccc2OC)N(CC(OC)OC)C3=O)cc1OC. The van der Waals surface area contributed by atoms with Gasteiger partial charge in [-0.25, -0.2) is 0 Å². The quantitative estimate of drug-likeness (QED) is 0.497. The van der Waals surface area contributed by atoms with Gasteiger partial charge < -0.3 is 28.6 Å². The van der Waals surface area contributed by atoms with Crippen LogP contribution in [-0.4, -0.2) is 69.4 Å². The molecule has 0 saturated heterocycles. The third kappa shape index (κ3) is 3.90. The van der Waals surface area contributed by atoms with Crippen LogP contribution in [0.4, 0.5) is 0 Å². The Hall–Kier alpha value is -3.56. The summed E-state index contributed by atoms with van der Waals surface area (Å²) in [6.07, 6.45) is -0.590. The van der Waals surface area contributed by atoms with Crippen LogP contribution in [0.15, 0.2) is 42.5 Å². The molecule has 0 fully saturated rings. The first kappa shape index (κ1) is 22.6. The summed E-state index contributed by atoms with van der Waals surface area (Å²) in [5, 5.41) is 7.44. The summed E-state index contributed by atoms with van der Waals surface area (Å²) >= 11 is 0. The van der Waals surface area contributed by atoms with Crippen LogP contribution < -0.4 is 14.2 Å². The Morgan fingerprint density at radius 1 is 0.939 bits per heavy atom. The molecule has 1 amide bonds. The van der Waals surface area contributed by atoms with Crippen LogP contribution in [0, 0.1) is 0 Å². The Labute approximate surface area is 192 Å². The number of carbonyl (C=O) groups excluding carboxylic acids is 1. The number of benzene rings is 2. The van der Waals surface area contributed by atoms with Crippen LogP contribution in [0.3, 0.4) is 0 Å². The molecule has 1 N–H and O–H groups in total. The van der Waals surface area contributed by atoms with Crippen molar-refractivity contribution in [1.29, 1.82) is 0 Å². The van der Waals surface area contributed by atoms with Crippen molar-refractivity contribution in [3.8, 4) is 28.5 Å². The smallest absolute Gasteiger partial charge is 0.273 e. The van der Waals surface area contributed by atoms with Crippen LogP contribution >= 0.6 is 0 Å². The second-order valence-corrected chi connectivity index (χ2v) is 7.43. The summed E-state index contributed by atoms with van der Waals surface area (Å²) in [4.78, 5) is 15.2. The van der Waals surface area contributed by atoms with Gasteiger partial charge in [0.1, 0.15) is 11.4 Å². The van der Waals surface area contributed by atoms with E-state index < -0.39 is 12.3 Å². The van der Waals surface area contributed by atoms with E-state index in [4.69, 9.17) is 23.7 Å². The van der Waals surface area contributed by atoms with Crippen molar-refractivity contribution in [1.82, 2.24) is 15.1 Å². The molecule has 9 heteroatoms. The number of aromatic amines is 1. The molecule has 0 spiro atoms. The lowest BCUT2D eigenvalue weighted by molar-refractivity contribution is -0.113. The molecule has 9 nitrogen and oxygen atoms in total. The van der Waals surface area contributed by atoms with Crippen molar-refractivity contribution in [3.05, 3.63) is 59.3 Å². The third-order valence-corrected chi connectivity index (χ3v) is 5.83. The lowest BCUT2D eigenvalue weighted by Crippen LogP contribution is -2.38. The summed E-state index contributed by atoms with van der Waals surface area (Å²) in [5.74, 6) is 1.65. The Kier molecular flexibility index (Phi) is 6.52. The molecule has 2 aromatic carbocycles. The molecule has 4 rings (SSSR count). The van der Waals surface area contributed by atoms with Crippen LogP contribution in [0.2, 0.25) is 0 Å². The van der Waals surface area contributed by atoms with Gasteiger partial charge in [0.15, 0.2) is 17.8 Å². The Morgan fingerprint density at radius 2 is 1.64 bits per heavy atom. The van der Waals surface area contributed by atoms with Gasteiger partial charge in [0, 0.05) is 30.9 Å². The summed E-state index contributed by atoms with van der Waals surface area (Å²) < 4.78 is 27.3. The molecule has 0 saturated carbocycles. The average molecular weight is 453 g/mol. The first-order valence-corrected chi connectivity index (χ1v) is 10.4. The standard InChI is InChI=1S/C24H27N3O6/c1-29-16-9-7-6-8-15(16)23-20-21(14-10-11-17(30-2)18(12-14)31-3)25-26-22(20)24(28)27(23)13-19(32-4)33-5/h6-12,19,23H,13H2,1-5H3,(H,25,26). The molecule has 0 aliphatic carbocycles. The van der Waals surface area contributed by atoms with Gasteiger partial charge >= 0.3 is 0 Å². The minimum atomic E-state index is -0.590. The molecular formula is C24H27N3O6. The minimum Gasteiger partial charge on any atom is -0.496 e. The Balaban J connectivity index is 1.89. The normalized spacial score (nSPS) is 15.2. The summed E-state index contributed by atoms with van der Waals surface area (Å²) in [7, 11) is 7.86.